The number of aliphatic hydroxyl groups is 1. The fraction of sp³-hybridized carbons (Fsp3) is 0.615. The average molecular weight is 270 g/mol. The quantitative estimate of drug-likeness (QED) is 0.689. The first-order valence-corrected chi connectivity index (χ1v) is 6.99. The number of carbonyl (C=O) groups is 1. The van der Waals surface area contributed by atoms with E-state index in [1.807, 2.05) is 38.3 Å². The van der Waals surface area contributed by atoms with Crippen molar-refractivity contribution in [2.24, 2.45) is 0 Å². The topological polar surface area (TPSA) is 61.4 Å². The Morgan fingerprint density at radius 3 is 2.78 bits per heavy atom. The van der Waals surface area contributed by atoms with Gasteiger partial charge in [-0.15, -0.1) is 11.3 Å². The first-order valence-electron chi connectivity index (χ1n) is 6.12. The molecule has 0 aromatic carbocycles. The molecule has 0 aliphatic heterocycles. The zero-order chi connectivity index (χ0) is 13.6. The Labute approximate surface area is 112 Å². The monoisotopic (exact) mass is 270 g/mol. The van der Waals surface area contributed by atoms with Gasteiger partial charge in [-0.3, -0.25) is 4.79 Å². The van der Waals surface area contributed by atoms with Gasteiger partial charge < -0.3 is 15.7 Å². The molecule has 5 heteroatoms. The molecule has 1 rings (SSSR count). The fourth-order valence-corrected chi connectivity index (χ4v) is 2.21. The van der Waals surface area contributed by atoms with Crippen LogP contribution in [0.5, 0.6) is 0 Å². The summed E-state index contributed by atoms with van der Waals surface area (Å²) < 4.78 is 0. The molecule has 0 bridgehead atoms. The second-order valence-corrected chi connectivity index (χ2v) is 6.26. The highest BCUT2D eigenvalue weighted by atomic mass is 32.1. The Morgan fingerprint density at radius 1 is 1.50 bits per heavy atom. The molecule has 3 N–H and O–H groups in total. The van der Waals surface area contributed by atoms with Crippen molar-refractivity contribution >= 4 is 17.2 Å². The molecule has 1 aromatic heterocycles. The Hall–Kier alpha value is -0.910. The van der Waals surface area contributed by atoms with E-state index >= 15 is 0 Å². The maximum absolute atomic E-state index is 11.5. The number of rotatable bonds is 6. The summed E-state index contributed by atoms with van der Waals surface area (Å²) in [6.07, 6.45) is -0.0651. The molecule has 0 fully saturated rings. The summed E-state index contributed by atoms with van der Waals surface area (Å²) in [6, 6.07) is 3.82. The number of hydrogen-bond acceptors (Lipinski definition) is 4. The van der Waals surface area contributed by atoms with Crippen LogP contribution in [0.4, 0.5) is 0 Å². The lowest BCUT2D eigenvalue weighted by Gasteiger charge is -2.20. The summed E-state index contributed by atoms with van der Waals surface area (Å²) >= 11 is 1.53. The SMILES string of the molecule is CC(C)(C)NC(=O)CCNCC(O)c1cccs1. The summed E-state index contributed by atoms with van der Waals surface area (Å²) in [5.74, 6) is 0.0283. The Morgan fingerprint density at radius 2 is 2.22 bits per heavy atom. The highest BCUT2D eigenvalue weighted by molar-refractivity contribution is 7.10. The first kappa shape index (κ1) is 15.1. The lowest BCUT2D eigenvalue weighted by molar-refractivity contribution is -0.122. The molecule has 1 aromatic rings. The minimum Gasteiger partial charge on any atom is -0.386 e. The fourth-order valence-electron chi connectivity index (χ4n) is 1.50. The summed E-state index contributed by atoms with van der Waals surface area (Å²) in [7, 11) is 0. The van der Waals surface area contributed by atoms with Crippen molar-refractivity contribution in [3.05, 3.63) is 22.4 Å². The van der Waals surface area contributed by atoms with Crippen LogP contribution in [0.25, 0.3) is 0 Å². The van der Waals surface area contributed by atoms with Crippen LogP contribution in [-0.4, -0.2) is 29.6 Å². The first-order chi connectivity index (χ1) is 8.38. The molecule has 1 atom stereocenters. The van der Waals surface area contributed by atoms with Crippen LogP contribution >= 0.6 is 11.3 Å². The van der Waals surface area contributed by atoms with E-state index in [2.05, 4.69) is 10.6 Å². The van der Waals surface area contributed by atoms with Crippen LogP contribution in [0, 0.1) is 0 Å². The summed E-state index contributed by atoms with van der Waals surface area (Å²) in [6.45, 7) is 6.92. The average Bonchev–Trinajstić information content (AvgIpc) is 2.74. The summed E-state index contributed by atoms with van der Waals surface area (Å²) in [5.41, 5.74) is -0.187. The number of amides is 1. The van der Waals surface area contributed by atoms with E-state index in [9.17, 15) is 9.90 Å². The van der Waals surface area contributed by atoms with Gasteiger partial charge in [0.25, 0.3) is 0 Å². The van der Waals surface area contributed by atoms with Crippen LogP contribution in [0.3, 0.4) is 0 Å². The smallest absolute Gasteiger partial charge is 0.221 e. The second-order valence-electron chi connectivity index (χ2n) is 5.28. The molecule has 0 saturated heterocycles. The van der Waals surface area contributed by atoms with Gasteiger partial charge in [0.1, 0.15) is 6.10 Å². The molecule has 0 aliphatic rings. The minimum atomic E-state index is -0.490. The highest BCUT2D eigenvalue weighted by Gasteiger charge is 2.13. The van der Waals surface area contributed by atoms with Crippen LogP contribution in [0.15, 0.2) is 17.5 Å². The molecular formula is C13H22N2O2S. The van der Waals surface area contributed by atoms with Gasteiger partial charge in [-0.2, -0.15) is 0 Å². The molecule has 18 heavy (non-hydrogen) atoms. The predicted molar refractivity (Wildman–Crippen MR) is 74.7 cm³/mol. The number of nitrogens with one attached hydrogen (secondary N) is 2. The van der Waals surface area contributed by atoms with Crippen LogP contribution < -0.4 is 10.6 Å². The van der Waals surface area contributed by atoms with E-state index < -0.39 is 6.10 Å². The molecule has 0 saturated carbocycles. The van der Waals surface area contributed by atoms with Crippen molar-refractivity contribution in [2.45, 2.75) is 38.8 Å². The van der Waals surface area contributed by atoms with E-state index in [1.165, 1.54) is 11.3 Å². The van der Waals surface area contributed by atoms with Gasteiger partial charge in [0.2, 0.25) is 5.91 Å². The van der Waals surface area contributed by atoms with Crippen molar-refractivity contribution in [2.75, 3.05) is 13.1 Å². The van der Waals surface area contributed by atoms with Crippen molar-refractivity contribution in [3.8, 4) is 0 Å². The van der Waals surface area contributed by atoms with Crippen molar-refractivity contribution in [3.63, 3.8) is 0 Å². The zero-order valence-corrected chi connectivity index (χ0v) is 12.0. The Kier molecular flexibility index (Phi) is 5.78. The molecule has 1 heterocycles. The van der Waals surface area contributed by atoms with Crippen LogP contribution in [0.2, 0.25) is 0 Å². The maximum Gasteiger partial charge on any atom is 0.221 e. The Bertz CT molecular complexity index is 358. The van der Waals surface area contributed by atoms with Crippen LogP contribution in [0.1, 0.15) is 38.2 Å². The van der Waals surface area contributed by atoms with Gasteiger partial charge in [-0.25, -0.2) is 0 Å². The van der Waals surface area contributed by atoms with Gasteiger partial charge in [0.05, 0.1) is 0 Å². The summed E-state index contributed by atoms with van der Waals surface area (Å²) in [4.78, 5) is 12.5. The molecule has 1 amide bonds. The molecule has 4 nitrogen and oxygen atoms in total. The number of thiophene rings is 1. The molecular weight excluding hydrogens is 248 g/mol. The largest absolute Gasteiger partial charge is 0.386 e. The maximum atomic E-state index is 11.5. The molecule has 0 aliphatic carbocycles. The lowest BCUT2D eigenvalue weighted by Crippen LogP contribution is -2.41. The van der Waals surface area contributed by atoms with E-state index in [0.29, 0.717) is 19.5 Å². The van der Waals surface area contributed by atoms with Crippen molar-refractivity contribution in [1.82, 2.24) is 10.6 Å². The molecule has 1 unspecified atom stereocenters. The predicted octanol–water partition coefficient (Wildman–Crippen LogP) is 1.68. The lowest BCUT2D eigenvalue weighted by atomic mass is 10.1. The van der Waals surface area contributed by atoms with E-state index in [4.69, 9.17) is 0 Å². The van der Waals surface area contributed by atoms with Crippen molar-refractivity contribution < 1.29 is 9.90 Å². The molecule has 0 spiro atoms. The van der Waals surface area contributed by atoms with Gasteiger partial charge in [0, 0.05) is 29.9 Å². The van der Waals surface area contributed by atoms with Gasteiger partial charge in [0.15, 0.2) is 0 Å². The second kappa shape index (κ2) is 6.87. The highest BCUT2D eigenvalue weighted by Crippen LogP contribution is 2.17. The third-order valence-electron chi connectivity index (χ3n) is 2.25. The third kappa shape index (κ3) is 6.14. The van der Waals surface area contributed by atoms with Crippen LogP contribution in [-0.2, 0) is 4.79 Å². The van der Waals surface area contributed by atoms with E-state index in [0.717, 1.165) is 4.88 Å². The van der Waals surface area contributed by atoms with Crippen molar-refractivity contribution in [1.29, 1.82) is 0 Å². The zero-order valence-electron chi connectivity index (χ0n) is 11.2. The van der Waals surface area contributed by atoms with Gasteiger partial charge in [-0.05, 0) is 32.2 Å². The third-order valence-corrected chi connectivity index (χ3v) is 3.23. The number of aliphatic hydroxyl groups excluding tert-OH is 1. The minimum absolute atomic E-state index is 0.0283. The molecule has 0 radical (unpaired) electrons. The molecule has 102 valence electrons. The normalized spacial score (nSPS) is 13.3. The standard InChI is InChI=1S/C13H22N2O2S/c1-13(2,3)15-12(17)6-7-14-9-10(16)11-5-4-8-18-11/h4-5,8,10,14,16H,6-7,9H2,1-3H3,(H,15,17). The number of hydrogen-bond donors (Lipinski definition) is 3. The van der Waals surface area contributed by atoms with E-state index in [1.54, 1.807) is 0 Å². The summed E-state index contributed by atoms with van der Waals surface area (Å²) in [5, 5.41) is 17.7. The number of carbonyl (C=O) groups excluding carboxylic acids is 1. The van der Waals surface area contributed by atoms with Gasteiger partial charge >= 0.3 is 0 Å². The Balaban J connectivity index is 2.14. The van der Waals surface area contributed by atoms with Gasteiger partial charge in [-0.1, -0.05) is 6.07 Å². The van der Waals surface area contributed by atoms with E-state index in [-0.39, 0.29) is 11.4 Å².